The Kier molecular flexibility index (Phi) is 4.23. The molecule has 4 nitrogen and oxygen atoms in total. The number of cyclic esters (lactones) is 2. The first kappa shape index (κ1) is 14.4. The number of rotatable bonds is 0. The van der Waals surface area contributed by atoms with Crippen molar-refractivity contribution in [3.05, 3.63) is 35.4 Å². The first-order valence-corrected chi connectivity index (χ1v) is 6.56. The Labute approximate surface area is 124 Å². The van der Waals surface area contributed by atoms with E-state index in [9.17, 15) is 9.59 Å². The zero-order valence-corrected chi connectivity index (χ0v) is 11.8. The number of halogens is 3. The van der Waals surface area contributed by atoms with Crippen LogP contribution in [0.15, 0.2) is 24.3 Å². The monoisotopic (exact) mass is 322 g/mol. The van der Waals surface area contributed by atoms with E-state index >= 15 is 0 Å². The molecule has 1 aliphatic rings. The predicted octanol–water partition coefficient (Wildman–Crippen LogP) is 2.80. The fourth-order valence-corrected chi connectivity index (χ4v) is 1.88. The van der Waals surface area contributed by atoms with Crippen LogP contribution in [0.2, 0.25) is 0 Å². The second-order valence-corrected chi connectivity index (χ2v) is 6.02. The number of hydrogen-bond donors (Lipinski definition) is 0. The zero-order chi connectivity index (χ0) is 14.0. The van der Waals surface area contributed by atoms with E-state index in [4.69, 9.17) is 44.3 Å². The minimum atomic E-state index is -1.52. The maximum Gasteiger partial charge on any atom is 0.339 e. The Morgan fingerprint density at radius 1 is 1.05 bits per heavy atom. The van der Waals surface area contributed by atoms with Crippen molar-refractivity contribution in [3.8, 4) is 0 Å². The first-order valence-electron chi connectivity index (χ1n) is 5.37. The van der Waals surface area contributed by atoms with Crippen LogP contribution < -0.4 is 0 Å². The molecule has 0 saturated carbocycles. The number of esters is 2. The standard InChI is InChI=1S/C12H9Cl3O4/c13-9-5-18-10(16)7-3-1-2-4-8(7)11(17)19-6-12(9,14)15/h1-4,9H,5-6H2. The third-order valence-corrected chi connectivity index (χ3v) is 4.05. The quantitative estimate of drug-likeness (QED) is 0.544. The fourth-order valence-electron chi connectivity index (χ4n) is 1.52. The van der Waals surface area contributed by atoms with Gasteiger partial charge in [-0.05, 0) is 12.1 Å². The Balaban J connectivity index is 2.37. The fraction of sp³-hybridized carbons (Fsp3) is 0.333. The number of benzene rings is 1. The predicted molar refractivity (Wildman–Crippen MR) is 71.1 cm³/mol. The van der Waals surface area contributed by atoms with Gasteiger partial charge in [0.2, 0.25) is 0 Å². The van der Waals surface area contributed by atoms with Crippen LogP contribution in [0.5, 0.6) is 0 Å². The molecule has 19 heavy (non-hydrogen) atoms. The number of alkyl halides is 3. The summed E-state index contributed by atoms with van der Waals surface area (Å²) in [6.45, 7) is -0.478. The van der Waals surface area contributed by atoms with Crippen LogP contribution >= 0.6 is 34.8 Å². The van der Waals surface area contributed by atoms with Crippen molar-refractivity contribution in [3.63, 3.8) is 0 Å². The van der Waals surface area contributed by atoms with Gasteiger partial charge in [0.1, 0.15) is 18.6 Å². The average Bonchev–Trinajstić information content (AvgIpc) is 2.40. The van der Waals surface area contributed by atoms with E-state index in [0.717, 1.165) is 0 Å². The van der Waals surface area contributed by atoms with Crippen LogP contribution in [0.3, 0.4) is 0 Å². The largest absolute Gasteiger partial charge is 0.460 e. The summed E-state index contributed by atoms with van der Waals surface area (Å²) in [5.74, 6) is -1.38. The molecule has 7 heteroatoms. The van der Waals surface area contributed by atoms with Crippen LogP contribution in [0.1, 0.15) is 20.7 Å². The normalized spacial score (nSPS) is 23.0. The third kappa shape index (κ3) is 3.14. The maximum absolute atomic E-state index is 11.9. The number of carbonyl (C=O) groups is 2. The molecule has 0 bridgehead atoms. The van der Waals surface area contributed by atoms with Crippen molar-refractivity contribution < 1.29 is 19.1 Å². The molecule has 2 rings (SSSR count). The van der Waals surface area contributed by atoms with Crippen molar-refractivity contribution in [1.29, 1.82) is 0 Å². The molecule has 1 atom stereocenters. The van der Waals surface area contributed by atoms with Gasteiger partial charge >= 0.3 is 11.9 Å². The molecular weight excluding hydrogens is 314 g/mol. The molecule has 0 aromatic heterocycles. The molecule has 0 amide bonds. The van der Waals surface area contributed by atoms with Gasteiger partial charge in [0.15, 0.2) is 4.33 Å². The van der Waals surface area contributed by atoms with Crippen LogP contribution in [-0.4, -0.2) is 34.9 Å². The summed E-state index contributed by atoms with van der Waals surface area (Å²) >= 11 is 17.8. The average molecular weight is 324 g/mol. The molecule has 1 aliphatic heterocycles. The molecule has 1 aromatic rings. The summed E-state index contributed by atoms with van der Waals surface area (Å²) in [6, 6.07) is 6.16. The summed E-state index contributed by atoms with van der Waals surface area (Å²) in [7, 11) is 0. The Morgan fingerprint density at radius 3 is 2.16 bits per heavy atom. The Hall–Kier alpha value is -0.970. The van der Waals surface area contributed by atoms with Crippen molar-refractivity contribution in [2.24, 2.45) is 0 Å². The highest BCUT2D eigenvalue weighted by molar-refractivity contribution is 6.52. The molecule has 0 radical (unpaired) electrons. The molecule has 0 spiro atoms. The molecule has 102 valence electrons. The minimum absolute atomic E-state index is 0.102. The highest BCUT2D eigenvalue weighted by atomic mass is 35.5. The topological polar surface area (TPSA) is 52.6 Å². The van der Waals surface area contributed by atoms with Crippen LogP contribution in [0.25, 0.3) is 0 Å². The van der Waals surface area contributed by atoms with Gasteiger partial charge in [0.05, 0.1) is 11.1 Å². The molecule has 1 aromatic carbocycles. The first-order chi connectivity index (χ1) is 8.92. The lowest BCUT2D eigenvalue weighted by molar-refractivity contribution is 0.0388. The number of hydrogen-bond acceptors (Lipinski definition) is 4. The van der Waals surface area contributed by atoms with Gasteiger partial charge in [-0.2, -0.15) is 0 Å². The molecule has 0 aliphatic carbocycles. The van der Waals surface area contributed by atoms with Gasteiger partial charge in [0.25, 0.3) is 0 Å². The molecule has 0 fully saturated rings. The number of fused-ring (bicyclic) bond motifs is 1. The van der Waals surface area contributed by atoms with Gasteiger partial charge < -0.3 is 9.47 Å². The van der Waals surface area contributed by atoms with E-state index < -0.39 is 21.6 Å². The van der Waals surface area contributed by atoms with Gasteiger partial charge in [-0.25, -0.2) is 9.59 Å². The van der Waals surface area contributed by atoms with Crippen molar-refractivity contribution in [2.45, 2.75) is 9.71 Å². The molecule has 0 saturated heterocycles. The second kappa shape index (κ2) is 5.57. The van der Waals surface area contributed by atoms with Crippen LogP contribution in [0.4, 0.5) is 0 Å². The van der Waals surface area contributed by atoms with Crippen molar-refractivity contribution >= 4 is 46.7 Å². The van der Waals surface area contributed by atoms with E-state index in [1.54, 1.807) is 12.1 Å². The molecule has 1 heterocycles. The van der Waals surface area contributed by atoms with E-state index in [1.807, 2.05) is 0 Å². The van der Waals surface area contributed by atoms with Gasteiger partial charge in [-0.1, -0.05) is 35.3 Å². The SMILES string of the molecule is O=C1OCC(Cl)C(Cl)(Cl)COC(=O)c2ccccc21. The highest BCUT2D eigenvalue weighted by Crippen LogP contribution is 2.31. The van der Waals surface area contributed by atoms with E-state index in [2.05, 4.69) is 0 Å². The van der Waals surface area contributed by atoms with Crippen molar-refractivity contribution in [1.82, 2.24) is 0 Å². The molecule has 0 N–H and O–H groups in total. The maximum atomic E-state index is 11.9. The van der Waals surface area contributed by atoms with Crippen LogP contribution in [0, 0.1) is 0 Å². The molecule has 1 unspecified atom stereocenters. The summed E-state index contributed by atoms with van der Waals surface area (Å²) in [5.41, 5.74) is 0.220. The lowest BCUT2D eigenvalue weighted by Gasteiger charge is -2.25. The summed E-state index contributed by atoms with van der Waals surface area (Å²) in [4.78, 5) is 23.7. The van der Waals surface area contributed by atoms with Crippen LogP contribution in [-0.2, 0) is 9.47 Å². The third-order valence-electron chi connectivity index (χ3n) is 2.58. The number of ether oxygens (including phenoxy) is 2. The Morgan fingerprint density at radius 2 is 1.58 bits per heavy atom. The second-order valence-electron chi connectivity index (χ2n) is 3.95. The zero-order valence-electron chi connectivity index (χ0n) is 9.57. The highest BCUT2D eigenvalue weighted by Gasteiger charge is 2.38. The Bertz CT molecular complexity index is 515. The lowest BCUT2D eigenvalue weighted by atomic mass is 10.1. The van der Waals surface area contributed by atoms with Gasteiger partial charge in [-0.3, -0.25) is 0 Å². The van der Waals surface area contributed by atoms with E-state index in [0.29, 0.717) is 0 Å². The number of carbonyl (C=O) groups excluding carboxylic acids is 2. The van der Waals surface area contributed by atoms with Crippen molar-refractivity contribution in [2.75, 3.05) is 13.2 Å². The smallest absolute Gasteiger partial charge is 0.339 e. The van der Waals surface area contributed by atoms with E-state index in [-0.39, 0.29) is 24.3 Å². The van der Waals surface area contributed by atoms with Gasteiger partial charge in [0, 0.05) is 0 Å². The summed E-state index contributed by atoms with van der Waals surface area (Å²) in [5, 5.41) is -0.891. The minimum Gasteiger partial charge on any atom is -0.460 e. The molecular formula is C12H9Cl3O4. The van der Waals surface area contributed by atoms with Gasteiger partial charge in [-0.15, -0.1) is 11.6 Å². The van der Waals surface area contributed by atoms with E-state index in [1.165, 1.54) is 12.1 Å². The summed E-state index contributed by atoms with van der Waals surface area (Å²) in [6.07, 6.45) is 0. The lowest BCUT2D eigenvalue weighted by Crippen LogP contribution is -2.38. The summed E-state index contributed by atoms with van der Waals surface area (Å²) < 4.78 is 8.45.